The van der Waals surface area contributed by atoms with E-state index in [4.69, 9.17) is 5.73 Å². The second-order valence-corrected chi connectivity index (χ2v) is 7.29. The quantitative estimate of drug-likeness (QED) is 0.639. The van der Waals surface area contributed by atoms with Gasteiger partial charge in [0.15, 0.2) is 0 Å². The number of nitrogens with one attached hydrogen (secondary N) is 2. The van der Waals surface area contributed by atoms with E-state index < -0.39 is 17.1 Å². The van der Waals surface area contributed by atoms with Gasteiger partial charge in [-0.15, -0.1) is 12.4 Å². The van der Waals surface area contributed by atoms with Crippen molar-refractivity contribution in [3.8, 4) is 0 Å². The molecule has 1 aliphatic heterocycles. The number of hydrogen-bond acceptors (Lipinski definition) is 4. The summed E-state index contributed by atoms with van der Waals surface area (Å²) in [4.78, 5) is 38.1. The summed E-state index contributed by atoms with van der Waals surface area (Å²) in [5, 5.41) is 5.67. The third-order valence-electron chi connectivity index (χ3n) is 5.38. The van der Waals surface area contributed by atoms with Crippen LogP contribution in [-0.2, 0) is 9.59 Å². The molecule has 2 rings (SSSR count). The number of rotatable bonds is 5. The molecule has 1 spiro atoms. The number of carbonyl (C=O) groups is 3. The number of nitrogens with zero attached hydrogens (tertiary/aromatic N) is 1. The van der Waals surface area contributed by atoms with Gasteiger partial charge in [-0.05, 0) is 25.7 Å². The molecule has 1 aliphatic carbocycles. The average Bonchev–Trinajstić information content (AvgIpc) is 2.72. The smallest absolute Gasteiger partial charge is 0.325 e. The number of halogens is 1. The van der Waals surface area contributed by atoms with Crippen LogP contribution < -0.4 is 16.4 Å². The predicted molar refractivity (Wildman–Crippen MR) is 93.7 cm³/mol. The van der Waals surface area contributed by atoms with Gasteiger partial charge in [-0.1, -0.05) is 33.1 Å². The van der Waals surface area contributed by atoms with Crippen LogP contribution in [0.2, 0.25) is 0 Å². The molecule has 4 amide bonds. The fraction of sp³-hybridized carbons (Fsp3) is 0.812. The highest BCUT2D eigenvalue weighted by atomic mass is 35.5. The van der Waals surface area contributed by atoms with Crippen molar-refractivity contribution in [3.63, 3.8) is 0 Å². The van der Waals surface area contributed by atoms with E-state index in [-0.39, 0.29) is 36.7 Å². The average molecular weight is 361 g/mol. The van der Waals surface area contributed by atoms with E-state index in [0.29, 0.717) is 19.4 Å². The molecule has 1 atom stereocenters. The first-order chi connectivity index (χ1) is 10.7. The Bertz CT molecular complexity index is 506. The normalized spacial score (nSPS) is 22.1. The van der Waals surface area contributed by atoms with E-state index in [0.717, 1.165) is 24.2 Å². The molecule has 0 aromatic rings. The van der Waals surface area contributed by atoms with E-state index in [1.807, 2.05) is 20.8 Å². The van der Waals surface area contributed by atoms with Crippen LogP contribution in [0.1, 0.15) is 52.9 Å². The largest absolute Gasteiger partial charge is 0.348 e. The molecule has 2 aliphatic rings. The predicted octanol–water partition coefficient (Wildman–Crippen LogP) is 1.15. The molecule has 2 fully saturated rings. The number of imide groups is 1. The first-order valence-electron chi connectivity index (χ1n) is 8.39. The highest BCUT2D eigenvalue weighted by Crippen LogP contribution is 2.33. The molecular formula is C16H29ClN4O3. The fourth-order valence-electron chi connectivity index (χ4n) is 3.25. The standard InChI is InChI=1S/C16H28N4O3.ClH/c1-11(2)15(3,10-17)18-12(21)9-20-13(22)16(19-14(20)23)7-5-4-6-8-16;/h11H,4-10,17H2,1-3H3,(H,18,21)(H,19,23);1H. The summed E-state index contributed by atoms with van der Waals surface area (Å²) in [5.41, 5.74) is 4.41. The Morgan fingerprint density at radius 3 is 2.42 bits per heavy atom. The molecule has 4 N–H and O–H groups in total. The molecule has 1 unspecified atom stereocenters. The minimum atomic E-state index is -0.787. The van der Waals surface area contributed by atoms with Crippen LogP contribution in [0.5, 0.6) is 0 Å². The minimum absolute atomic E-state index is 0. The Hall–Kier alpha value is -1.34. The SMILES string of the molecule is CC(C)C(C)(CN)NC(=O)CN1C(=O)NC2(CCCCC2)C1=O.Cl. The molecular weight excluding hydrogens is 332 g/mol. The van der Waals surface area contributed by atoms with E-state index in [9.17, 15) is 14.4 Å². The zero-order valence-corrected chi connectivity index (χ0v) is 15.5. The van der Waals surface area contributed by atoms with Gasteiger partial charge < -0.3 is 16.4 Å². The fourth-order valence-corrected chi connectivity index (χ4v) is 3.25. The maximum absolute atomic E-state index is 12.6. The van der Waals surface area contributed by atoms with Crippen molar-refractivity contribution >= 4 is 30.3 Å². The molecule has 138 valence electrons. The van der Waals surface area contributed by atoms with Crippen LogP contribution in [0.3, 0.4) is 0 Å². The maximum Gasteiger partial charge on any atom is 0.325 e. The molecule has 7 nitrogen and oxygen atoms in total. The van der Waals surface area contributed by atoms with Crippen LogP contribution in [0.25, 0.3) is 0 Å². The maximum atomic E-state index is 12.6. The van der Waals surface area contributed by atoms with E-state index in [1.165, 1.54) is 0 Å². The van der Waals surface area contributed by atoms with Crippen molar-refractivity contribution in [2.75, 3.05) is 13.1 Å². The number of hydrogen-bond donors (Lipinski definition) is 3. The Morgan fingerprint density at radius 1 is 1.33 bits per heavy atom. The molecule has 0 aromatic carbocycles. The van der Waals surface area contributed by atoms with Crippen molar-refractivity contribution in [1.29, 1.82) is 0 Å². The summed E-state index contributed by atoms with van der Waals surface area (Å²) in [7, 11) is 0. The van der Waals surface area contributed by atoms with Gasteiger partial charge >= 0.3 is 6.03 Å². The molecule has 24 heavy (non-hydrogen) atoms. The Kier molecular flexibility index (Phi) is 6.64. The van der Waals surface area contributed by atoms with Crippen LogP contribution in [0.15, 0.2) is 0 Å². The first kappa shape index (κ1) is 20.7. The zero-order valence-electron chi connectivity index (χ0n) is 14.7. The second-order valence-electron chi connectivity index (χ2n) is 7.29. The lowest BCUT2D eigenvalue weighted by Gasteiger charge is -2.34. The lowest BCUT2D eigenvalue weighted by atomic mass is 9.82. The van der Waals surface area contributed by atoms with Crippen molar-refractivity contribution in [3.05, 3.63) is 0 Å². The minimum Gasteiger partial charge on any atom is -0.348 e. The molecule has 0 radical (unpaired) electrons. The number of nitrogens with two attached hydrogens (primary N) is 1. The summed E-state index contributed by atoms with van der Waals surface area (Å²) in [6.45, 7) is 5.84. The van der Waals surface area contributed by atoms with Crippen molar-refractivity contribution in [2.24, 2.45) is 11.7 Å². The van der Waals surface area contributed by atoms with Gasteiger partial charge in [0.25, 0.3) is 5.91 Å². The van der Waals surface area contributed by atoms with Crippen molar-refractivity contribution in [1.82, 2.24) is 15.5 Å². The number of amides is 4. The lowest BCUT2D eigenvalue weighted by Crippen LogP contribution is -2.57. The van der Waals surface area contributed by atoms with Gasteiger partial charge in [0, 0.05) is 6.54 Å². The van der Waals surface area contributed by atoms with E-state index in [2.05, 4.69) is 10.6 Å². The lowest BCUT2D eigenvalue weighted by molar-refractivity contribution is -0.136. The van der Waals surface area contributed by atoms with Crippen LogP contribution in [0.4, 0.5) is 4.79 Å². The highest BCUT2D eigenvalue weighted by molar-refractivity contribution is 6.09. The van der Waals surface area contributed by atoms with Crippen molar-refractivity contribution < 1.29 is 14.4 Å². The Balaban J connectivity index is 0.00000288. The molecule has 0 aromatic heterocycles. The van der Waals surface area contributed by atoms with Gasteiger partial charge in [-0.3, -0.25) is 14.5 Å². The summed E-state index contributed by atoms with van der Waals surface area (Å²) >= 11 is 0. The highest BCUT2D eigenvalue weighted by Gasteiger charge is 2.51. The summed E-state index contributed by atoms with van der Waals surface area (Å²) in [6.07, 6.45) is 4.23. The van der Waals surface area contributed by atoms with E-state index in [1.54, 1.807) is 0 Å². The van der Waals surface area contributed by atoms with Crippen molar-refractivity contribution in [2.45, 2.75) is 64.0 Å². The summed E-state index contributed by atoms with van der Waals surface area (Å²) in [5.74, 6) is -0.483. The van der Waals surface area contributed by atoms with Gasteiger partial charge in [0.05, 0.1) is 5.54 Å². The van der Waals surface area contributed by atoms with Gasteiger partial charge in [0.1, 0.15) is 12.1 Å². The topological polar surface area (TPSA) is 105 Å². The summed E-state index contributed by atoms with van der Waals surface area (Å²) in [6, 6.07) is -0.467. The zero-order chi connectivity index (χ0) is 17.3. The molecule has 0 bridgehead atoms. The Labute approximate surface area is 149 Å². The second kappa shape index (κ2) is 7.70. The third kappa shape index (κ3) is 3.83. The number of urea groups is 1. The summed E-state index contributed by atoms with van der Waals surface area (Å²) < 4.78 is 0. The van der Waals surface area contributed by atoms with Gasteiger partial charge in [-0.25, -0.2) is 4.79 Å². The third-order valence-corrected chi connectivity index (χ3v) is 5.38. The van der Waals surface area contributed by atoms with Gasteiger partial charge in [0.2, 0.25) is 5.91 Å². The van der Waals surface area contributed by atoms with Crippen LogP contribution in [-0.4, -0.2) is 46.9 Å². The molecule has 1 saturated carbocycles. The molecule has 8 heteroatoms. The monoisotopic (exact) mass is 360 g/mol. The molecule has 1 heterocycles. The van der Waals surface area contributed by atoms with Crippen LogP contribution in [0, 0.1) is 5.92 Å². The van der Waals surface area contributed by atoms with E-state index >= 15 is 0 Å². The molecule has 1 saturated heterocycles. The number of carbonyl (C=O) groups excluding carboxylic acids is 3. The van der Waals surface area contributed by atoms with Crippen LogP contribution >= 0.6 is 12.4 Å². The Morgan fingerprint density at radius 2 is 1.92 bits per heavy atom. The van der Waals surface area contributed by atoms with Gasteiger partial charge in [-0.2, -0.15) is 0 Å². The first-order valence-corrected chi connectivity index (χ1v) is 8.39.